The van der Waals surface area contributed by atoms with Gasteiger partial charge in [0, 0.05) is 23.3 Å². The largest absolute Gasteiger partial charge is 0.495 e. The van der Waals surface area contributed by atoms with Crippen LogP contribution in [0.3, 0.4) is 0 Å². The summed E-state index contributed by atoms with van der Waals surface area (Å²) in [5.41, 5.74) is 12.5. The van der Waals surface area contributed by atoms with E-state index in [1.807, 2.05) is 60.7 Å². The van der Waals surface area contributed by atoms with Crippen molar-refractivity contribution in [1.82, 2.24) is 0 Å². The molecule has 0 bridgehead atoms. The summed E-state index contributed by atoms with van der Waals surface area (Å²) in [6.45, 7) is 0. The Morgan fingerprint density at radius 1 is 0.370 bits per heavy atom. The topological polar surface area (TPSA) is 18.5 Å². The SMILES string of the molecule is COc1cc(C#Cc2ccc(C=C(c3ccccc3)c3ccccc3)cc2)c(OC)cc1C#Cc1ccc(C=C(c2ccccc2)c2ccccc2)cc1. The predicted octanol–water partition coefficient (Wildman–Crippen LogP) is 11.7. The fourth-order valence-electron chi connectivity index (χ4n) is 6.17. The normalized spacial score (nSPS) is 10.1. The zero-order chi connectivity index (χ0) is 37.0. The van der Waals surface area contributed by atoms with Crippen LogP contribution in [-0.4, -0.2) is 14.2 Å². The van der Waals surface area contributed by atoms with E-state index in [4.69, 9.17) is 9.47 Å². The van der Waals surface area contributed by atoms with Gasteiger partial charge in [-0.1, -0.05) is 169 Å². The van der Waals surface area contributed by atoms with Gasteiger partial charge >= 0.3 is 0 Å². The van der Waals surface area contributed by atoms with Crippen molar-refractivity contribution in [3.63, 3.8) is 0 Å². The molecule has 0 aliphatic rings. The smallest absolute Gasteiger partial charge is 0.136 e. The molecule has 2 nitrogen and oxygen atoms in total. The third-order valence-corrected chi connectivity index (χ3v) is 8.99. The minimum absolute atomic E-state index is 0.636. The molecule has 7 aromatic rings. The summed E-state index contributed by atoms with van der Waals surface area (Å²) in [6, 6.07) is 62.2. The van der Waals surface area contributed by atoms with E-state index in [9.17, 15) is 0 Å². The van der Waals surface area contributed by atoms with E-state index < -0.39 is 0 Å². The number of hydrogen-bond acceptors (Lipinski definition) is 2. The Balaban J connectivity index is 1.10. The molecule has 0 spiro atoms. The third-order valence-electron chi connectivity index (χ3n) is 8.99. The lowest BCUT2D eigenvalue weighted by molar-refractivity contribution is 0.401. The Labute approximate surface area is 318 Å². The zero-order valence-electron chi connectivity index (χ0n) is 30.3. The van der Waals surface area contributed by atoms with Gasteiger partial charge in [0.1, 0.15) is 11.5 Å². The van der Waals surface area contributed by atoms with Gasteiger partial charge in [-0.15, -0.1) is 0 Å². The molecule has 0 heterocycles. The lowest BCUT2D eigenvalue weighted by Crippen LogP contribution is -1.94. The highest BCUT2D eigenvalue weighted by atomic mass is 16.5. The highest BCUT2D eigenvalue weighted by molar-refractivity contribution is 5.92. The number of hydrogen-bond donors (Lipinski definition) is 0. The predicted molar refractivity (Wildman–Crippen MR) is 224 cm³/mol. The Morgan fingerprint density at radius 2 is 0.667 bits per heavy atom. The minimum Gasteiger partial charge on any atom is -0.495 e. The van der Waals surface area contributed by atoms with Crippen LogP contribution < -0.4 is 9.47 Å². The summed E-state index contributed by atoms with van der Waals surface area (Å²) in [5.74, 6) is 14.5. The first kappa shape index (κ1) is 35.2. The van der Waals surface area contributed by atoms with Crippen LogP contribution in [0.4, 0.5) is 0 Å². The van der Waals surface area contributed by atoms with Gasteiger partial charge < -0.3 is 9.47 Å². The van der Waals surface area contributed by atoms with Crippen molar-refractivity contribution < 1.29 is 9.47 Å². The van der Waals surface area contributed by atoms with Crippen LogP contribution in [0.5, 0.6) is 11.5 Å². The molecular weight excluding hydrogens is 657 g/mol. The maximum atomic E-state index is 5.76. The molecule has 0 radical (unpaired) electrons. The molecule has 0 amide bonds. The summed E-state index contributed by atoms with van der Waals surface area (Å²) in [6.07, 6.45) is 4.43. The molecule has 7 rings (SSSR count). The summed E-state index contributed by atoms with van der Waals surface area (Å²) in [7, 11) is 3.29. The molecular formula is C52H38O2. The molecule has 0 saturated heterocycles. The third kappa shape index (κ3) is 8.78. The second-order valence-electron chi connectivity index (χ2n) is 12.6. The van der Waals surface area contributed by atoms with Gasteiger partial charge in [0.05, 0.1) is 25.3 Å². The summed E-state index contributed by atoms with van der Waals surface area (Å²) < 4.78 is 11.5. The summed E-state index contributed by atoms with van der Waals surface area (Å²) in [5, 5.41) is 0. The maximum Gasteiger partial charge on any atom is 0.136 e. The van der Waals surface area contributed by atoms with E-state index in [0.29, 0.717) is 11.5 Å². The maximum absolute atomic E-state index is 5.76. The minimum atomic E-state index is 0.636. The zero-order valence-corrected chi connectivity index (χ0v) is 30.3. The van der Waals surface area contributed by atoms with Crippen molar-refractivity contribution >= 4 is 23.3 Å². The summed E-state index contributed by atoms with van der Waals surface area (Å²) in [4.78, 5) is 0. The van der Waals surface area contributed by atoms with Crippen LogP contribution in [-0.2, 0) is 0 Å². The molecule has 0 atom stereocenters. The van der Waals surface area contributed by atoms with Crippen LogP contribution in [0, 0.1) is 23.7 Å². The van der Waals surface area contributed by atoms with Crippen LogP contribution in [0.15, 0.2) is 182 Å². The molecule has 0 unspecified atom stereocenters. The van der Waals surface area contributed by atoms with E-state index in [-0.39, 0.29) is 0 Å². The Bertz CT molecular complexity index is 2240. The molecule has 0 fully saturated rings. The van der Waals surface area contributed by atoms with Crippen LogP contribution in [0.25, 0.3) is 23.3 Å². The summed E-state index contributed by atoms with van der Waals surface area (Å²) >= 11 is 0. The van der Waals surface area contributed by atoms with Gasteiger partial charge in [-0.05, 0) is 80.9 Å². The van der Waals surface area contributed by atoms with Crippen molar-refractivity contribution in [3.05, 3.63) is 238 Å². The van der Waals surface area contributed by atoms with Gasteiger partial charge in [0.15, 0.2) is 0 Å². The Morgan fingerprint density at radius 3 is 0.944 bits per heavy atom. The number of ether oxygens (including phenoxy) is 2. The highest BCUT2D eigenvalue weighted by Gasteiger charge is 2.10. The fourth-order valence-corrected chi connectivity index (χ4v) is 6.17. The van der Waals surface area contributed by atoms with Crippen LogP contribution >= 0.6 is 0 Å². The molecule has 0 aliphatic carbocycles. The van der Waals surface area contributed by atoms with E-state index >= 15 is 0 Å². The number of benzene rings is 7. The second kappa shape index (κ2) is 17.3. The highest BCUT2D eigenvalue weighted by Crippen LogP contribution is 2.30. The van der Waals surface area contributed by atoms with Crippen molar-refractivity contribution in [3.8, 4) is 35.2 Å². The van der Waals surface area contributed by atoms with E-state index in [0.717, 1.165) is 33.4 Å². The second-order valence-corrected chi connectivity index (χ2v) is 12.6. The van der Waals surface area contributed by atoms with Crippen molar-refractivity contribution in [1.29, 1.82) is 0 Å². The van der Waals surface area contributed by atoms with Crippen LogP contribution in [0.2, 0.25) is 0 Å². The standard InChI is InChI=1S/C52H38O2/c1-53-51-37-48(34-32-40-25-29-42(30-26-40)36-50(45-19-11-5-12-20-45)46-21-13-6-14-22-46)52(54-2)38-47(51)33-31-39-23-27-41(28-24-39)35-49(43-15-7-3-8-16-43)44-17-9-4-10-18-44/h3-30,35-38H,1-2H3. The lowest BCUT2D eigenvalue weighted by Gasteiger charge is -2.09. The molecule has 0 aromatic heterocycles. The van der Waals surface area contributed by atoms with Gasteiger partial charge in [-0.25, -0.2) is 0 Å². The molecule has 54 heavy (non-hydrogen) atoms. The molecule has 0 aliphatic heterocycles. The lowest BCUT2D eigenvalue weighted by atomic mass is 9.95. The first-order valence-corrected chi connectivity index (χ1v) is 17.8. The Kier molecular flexibility index (Phi) is 11.3. The Hall–Kier alpha value is -7.26. The fraction of sp³-hybridized carbons (Fsp3) is 0.0385. The van der Waals surface area contributed by atoms with Crippen molar-refractivity contribution in [2.75, 3.05) is 14.2 Å². The number of methoxy groups -OCH3 is 2. The quantitative estimate of drug-likeness (QED) is 0.116. The van der Waals surface area contributed by atoms with Crippen molar-refractivity contribution in [2.45, 2.75) is 0 Å². The van der Waals surface area contributed by atoms with E-state index in [1.165, 1.54) is 33.4 Å². The van der Waals surface area contributed by atoms with Crippen molar-refractivity contribution in [2.24, 2.45) is 0 Å². The average Bonchev–Trinajstić information content (AvgIpc) is 3.25. The first-order valence-electron chi connectivity index (χ1n) is 17.8. The van der Waals surface area contributed by atoms with E-state index in [2.05, 4.69) is 157 Å². The van der Waals surface area contributed by atoms with E-state index in [1.54, 1.807) is 14.2 Å². The molecule has 7 aromatic carbocycles. The average molecular weight is 695 g/mol. The molecule has 0 saturated carbocycles. The van der Waals surface area contributed by atoms with Gasteiger partial charge in [-0.3, -0.25) is 0 Å². The number of rotatable bonds is 8. The van der Waals surface area contributed by atoms with Gasteiger partial charge in [0.2, 0.25) is 0 Å². The molecule has 0 N–H and O–H groups in total. The van der Waals surface area contributed by atoms with Gasteiger partial charge in [0.25, 0.3) is 0 Å². The van der Waals surface area contributed by atoms with Crippen LogP contribution in [0.1, 0.15) is 55.6 Å². The monoisotopic (exact) mass is 694 g/mol. The molecule has 2 heteroatoms. The molecule has 258 valence electrons. The van der Waals surface area contributed by atoms with Gasteiger partial charge in [-0.2, -0.15) is 0 Å². The first-order chi connectivity index (χ1) is 26.7.